The van der Waals surface area contributed by atoms with Crippen LogP contribution in [-0.4, -0.2) is 0 Å². The molecule has 2 aromatic carbocycles. The van der Waals surface area contributed by atoms with Gasteiger partial charge in [0, 0.05) is 16.8 Å². The lowest BCUT2D eigenvalue weighted by atomic mass is 9.82. The molecule has 0 aromatic heterocycles. The molecule has 11 heteroatoms. The van der Waals surface area contributed by atoms with Gasteiger partial charge in [0.1, 0.15) is 4.90 Å². The van der Waals surface area contributed by atoms with Crippen LogP contribution in [0.1, 0.15) is 37.0 Å². The first-order valence-corrected chi connectivity index (χ1v) is 11.1. The molecule has 0 atom stereocenters. The number of anilines is 1. The molecule has 0 amide bonds. The monoisotopic (exact) mass is 484 g/mol. The van der Waals surface area contributed by atoms with Gasteiger partial charge < -0.3 is 5.32 Å². The van der Waals surface area contributed by atoms with Gasteiger partial charge in [-0.2, -0.15) is 18.4 Å². The van der Waals surface area contributed by atoms with Crippen LogP contribution >= 0.6 is 10.2 Å². The van der Waals surface area contributed by atoms with E-state index in [2.05, 4.69) is 11.9 Å². The van der Waals surface area contributed by atoms with Crippen LogP contribution in [0.4, 0.5) is 38.3 Å². The van der Waals surface area contributed by atoms with Gasteiger partial charge in [0.25, 0.3) is 0 Å². The van der Waals surface area contributed by atoms with Crippen LogP contribution < -0.4 is 5.32 Å². The van der Waals surface area contributed by atoms with E-state index in [1.807, 2.05) is 0 Å². The third-order valence-corrected chi connectivity index (χ3v) is 6.10. The molecule has 0 unspecified atom stereocenters. The molecule has 0 aliphatic carbocycles. The third kappa shape index (κ3) is 6.38. The zero-order chi connectivity index (χ0) is 24.7. The van der Waals surface area contributed by atoms with Crippen LogP contribution in [0.25, 0.3) is 0 Å². The fourth-order valence-corrected chi connectivity index (χ4v) is 3.57. The van der Waals surface area contributed by atoms with Gasteiger partial charge in [-0.3, -0.25) is 0 Å². The zero-order valence-electron chi connectivity index (χ0n) is 17.0. The van der Waals surface area contributed by atoms with Crippen molar-refractivity contribution in [1.29, 1.82) is 5.26 Å². The highest BCUT2D eigenvalue weighted by Gasteiger charge is 2.65. The Hall–Kier alpha value is -2.74. The van der Waals surface area contributed by atoms with Gasteiger partial charge in [0.15, 0.2) is 0 Å². The van der Waals surface area contributed by atoms with Crippen LogP contribution in [0.3, 0.4) is 0 Å². The Bertz CT molecular complexity index is 1080. The lowest BCUT2D eigenvalue weighted by Crippen LogP contribution is -2.21. The van der Waals surface area contributed by atoms with E-state index in [9.17, 15) is 32.6 Å². The topological polar surface area (TPSA) is 35.8 Å². The smallest absolute Gasteiger partial charge is 0.359 e. The Morgan fingerprint density at radius 3 is 2.19 bits per heavy atom. The quantitative estimate of drug-likeness (QED) is 0.399. The van der Waals surface area contributed by atoms with Crippen molar-refractivity contribution in [2.24, 2.45) is 5.41 Å². The Morgan fingerprint density at radius 2 is 1.66 bits per heavy atom. The van der Waals surface area contributed by atoms with Gasteiger partial charge in [-0.25, -0.2) is 0 Å². The molecule has 0 aliphatic heterocycles. The molecule has 1 N–H and O–H groups in total. The van der Waals surface area contributed by atoms with Crippen LogP contribution in [0.5, 0.6) is 0 Å². The number of benzene rings is 2. The molecule has 0 heterocycles. The molecule has 2 rings (SSSR count). The largest absolute Gasteiger partial charge is 0.416 e. The molecule has 176 valence electrons. The molecule has 0 fully saturated rings. The maximum Gasteiger partial charge on any atom is 0.416 e. The van der Waals surface area contributed by atoms with E-state index in [-0.39, 0.29) is 47.5 Å². The number of nitrogens with one attached hydrogen (secondary N) is 1. The normalized spacial score (nSPS) is 14.8. The first kappa shape index (κ1) is 25.5. The average molecular weight is 484 g/mol. The number of nitriles is 1. The highest BCUT2D eigenvalue weighted by atomic mass is 32.5. The molecule has 0 saturated heterocycles. The van der Waals surface area contributed by atoms with Gasteiger partial charge in [-0.15, -0.1) is 0 Å². The molecular weight excluding hydrogens is 464 g/mol. The molecule has 2 aromatic rings. The van der Waals surface area contributed by atoms with E-state index in [0.29, 0.717) is 0 Å². The molecule has 32 heavy (non-hydrogen) atoms. The SMILES string of the molecule is C=C(Nc1cccc(S(F)(F)(F)(F)F)c1)C(C)(C)CCc1ccc(C#N)cc1C(F)(F)F. The predicted octanol–water partition coefficient (Wildman–Crippen LogP) is 8.82. The number of rotatable bonds is 7. The lowest BCUT2D eigenvalue weighted by molar-refractivity contribution is -0.138. The lowest BCUT2D eigenvalue weighted by Gasteiger charge is -2.40. The van der Waals surface area contributed by atoms with Crippen LogP contribution in [0.2, 0.25) is 0 Å². The van der Waals surface area contributed by atoms with Gasteiger partial charge in [0.2, 0.25) is 0 Å². The van der Waals surface area contributed by atoms with Gasteiger partial charge in [0.05, 0.1) is 17.2 Å². The number of nitrogens with zero attached hydrogens (tertiary/aromatic N) is 1. The van der Waals surface area contributed by atoms with Gasteiger partial charge in [-0.05, 0) is 48.7 Å². The second-order valence-corrected chi connectivity index (χ2v) is 10.4. The summed E-state index contributed by atoms with van der Waals surface area (Å²) in [4.78, 5) is -2.06. The highest BCUT2D eigenvalue weighted by Crippen LogP contribution is 3.02. The van der Waals surface area contributed by atoms with E-state index < -0.39 is 32.3 Å². The van der Waals surface area contributed by atoms with Gasteiger partial charge in [-0.1, -0.05) is 52.0 Å². The fourth-order valence-electron chi connectivity index (χ4n) is 2.88. The van der Waals surface area contributed by atoms with E-state index in [1.165, 1.54) is 12.1 Å². The molecule has 0 spiro atoms. The second-order valence-electron chi connectivity index (χ2n) is 7.97. The van der Waals surface area contributed by atoms with Crippen molar-refractivity contribution in [2.75, 3.05) is 5.32 Å². The first-order chi connectivity index (χ1) is 14.2. The fraction of sp³-hybridized carbons (Fsp3) is 0.286. The van der Waals surface area contributed by atoms with E-state index >= 15 is 0 Å². The maximum atomic E-state index is 13.3. The second kappa shape index (κ2) is 7.40. The standard InChI is InChI=1S/C21H20F8N2S/c1-14(31-17-5-4-6-18(12-17)32(25,26,27,28)29)20(2,3)10-9-16-8-7-15(13-30)11-19(16)21(22,23)24/h4-8,11-12,31H,1,9-10H2,2-3H3. The molecule has 0 bridgehead atoms. The summed E-state index contributed by atoms with van der Waals surface area (Å²) in [5, 5.41) is 11.4. The molecule has 0 radical (unpaired) electrons. The van der Waals surface area contributed by atoms with Crippen molar-refractivity contribution < 1.29 is 32.6 Å². The van der Waals surface area contributed by atoms with Crippen LogP contribution in [0.15, 0.2) is 59.6 Å². The molecule has 0 saturated carbocycles. The van der Waals surface area contributed by atoms with E-state index in [0.717, 1.165) is 18.2 Å². The number of halogens is 8. The Morgan fingerprint density at radius 1 is 1.03 bits per heavy atom. The molecular formula is C21H20F8N2S. The number of alkyl halides is 3. The Labute approximate surface area is 180 Å². The molecule has 0 aliphatic rings. The summed E-state index contributed by atoms with van der Waals surface area (Å²) in [6, 6.07) is 7.37. The van der Waals surface area contributed by atoms with Crippen molar-refractivity contribution in [3.05, 3.63) is 71.4 Å². The maximum absolute atomic E-state index is 13.3. The van der Waals surface area contributed by atoms with Crippen molar-refractivity contribution in [3.8, 4) is 6.07 Å². The first-order valence-electron chi connectivity index (χ1n) is 9.14. The van der Waals surface area contributed by atoms with Crippen molar-refractivity contribution in [2.45, 2.75) is 37.8 Å². The minimum absolute atomic E-state index is 0.0553. The number of allylic oxidation sites excluding steroid dienone is 1. The predicted molar refractivity (Wildman–Crippen MR) is 109 cm³/mol. The summed E-state index contributed by atoms with van der Waals surface area (Å²) in [5.41, 5.74) is -2.20. The summed E-state index contributed by atoms with van der Waals surface area (Å²) in [5.74, 6) is 0. The van der Waals surface area contributed by atoms with E-state index in [4.69, 9.17) is 5.26 Å². The number of hydrogen-bond donors (Lipinski definition) is 1. The Balaban J connectivity index is 2.21. The number of hydrogen-bond acceptors (Lipinski definition) is 2. The van der Waals surface area contributed by atoms with Gasteiger partial charge >= 0.3 is 16.4 Å². The highest BCUT2D eigenvalue weighted by molar-refractivity contribution is 8.45. The minimum atomic E-state index is -9.87. The summed E-state index contributed by atoms with van der Waals surface area (Å²) in [6.07, 6.45) is -4.64. The van der Waals surface area contributed by atoms with Crippen molar-refractivity contribution in [3.63, 3.8) is 0 Å². The average Bonchev–Trinajstić information content (AvgIpc) is 2.64. The summed E-state index contributed by atoms with van der Waals surface area (Å²) in [6.45, 7) is 6.93. The summed E-state index contributed by atoms with van der Waals surface area (Å²) < 4.78 is 105. The summed E-state index contributed by atoms with van der Waals surface area (Å²) >= 11 is 0. The van der Waals surface area contributed by atoms with E-state index in [1.54, 1.807) is 19.9 Å². The van der Waals surface area contributed by atoms with Crippen molar-refractivity contribution in [1.82, 2.24) is 0 Å². The zero-order valence-corrected chi connectivity index (χ0v) is 17.9. The van der Waals surface area contributed by atoms with Crippen LogP contribution in [-0.2, 0) is 12.6 Å². The Kier molecular flexibility index (Phi) is 5.90. The summed E-state index contributed by atoms with van der Waals surface area (Å²) in [7, 11) is -9.87. The molecule has 2 nitrogen and oxygen atoms in total. The number of aryl methyl sites for hydroxylation is 1. The minimum Gasteiger partial charge on any atom is -0.359 e. The van der Waals surface area contributed by atoms with Crippen LogP contribution in [0, 0.1) is 16.7 Å². The van der Waals surface area contributed by atoms with Crippen molar-refractivity contribution >= 4 is 15.9 Å². The third-order valence-electron chi connectivity index (χ3n) is 4.96.